The highest BCUT2D eigenvalue weighted by molar-refractivity contribution is 5.83. The molecule has 0 fully saturated rings. The topological polar surface area (TPSA) is 113 Å². The fourth-order valence-electron chi connectivity index (χ4n) is 4.70. The second-order valence-corrected chi connectivity index (χ2v) is 9.20. The molecule has 1 aliphatic rings. The number of anilines is 2. The number of hydrogen-bond donors (Lipinski definition) is 1. The van der Waals surface area contributed by atoms with E-state index in [0.29, 0.717) is 36.7 Å². The number of nitriles is 1. The molecule has 4 heterocycles. The summed E-state index contributed by atoms with van der Waals surface area (Å²) in [5.41, 5.74) is 2.89. The molecule has 3 aromatic heterocycles. The SMILES string of the molecule is Cc1nc2c(F)cc(-c3nc(Nc4cc5c(cn4)CCN(C(=O)CC#N)C5)ncc3F)cc2n1C(C)C. The molecule has 4 aromatic rings. The summed E-state index contributed by atoms with van der Waals surface area (Å²) in [6, 6.07) is 6.60. The molecule has 9 nitrogen and oxygen atoms in total. The summed E-state index contributed by atoms with van der Waals surface area (Å²) in [6.45, 7) is 6.64. The largest absolute Gasteiger partial charge is 0.337 e. The van der Waals surface area contributed by atoms with E-state index in [1.165, 1.54) is 6.07 Å². The number of nitrogens with one attached hydrogen (secondary N) is 1. The first-order valence-corrected chi connectivity index (χ1v) is 11.9. The number of benzene rings is 1. The maximum Gasteiger partial charge on any atom is 0.237 e. The molecule has 0 radical (unpaired) electrons. The van der Waals surface area contributed by atoms with Gasteiger partial charge in [-0.05, 0) is 56.5 Å². The summed E-state index contributed by atoms with van der Waals surface area (Å²) in [4.78, 5) is 30.8. The van der Waals surface area contributed by atoms with Gasteiger partial charge in [-0.15, -0.1) is 0 Å². The number of carbonyl (C=O) groups is 1. The van der Waals surface area contributed by atoms with E-state index in [1.54, 1.807) is 30.2 Å². The Morgan fingerprint density at radius 2 is 1.95 bits per heavy atom. The van der Waals surface area contributed by atoms with Crippen LogP contribution < -0.4 is 5.32 Å². The van der Waals surface area contributed by atoms with Crippen LogP contribution in [0.2, 0.25) is 0 Å². The van der Waals surface area contributed by atoms with Crippen LogP contribution in [0, 0.1) is 29.9 Å². The van der Waals surface area contributed by atoms with E-state index in [2.05, 4.69) is 25.3 Å². The van der Waals surface area contributed by atoms with Gasteiger partial charge in [0.15, 0.2) is 11.6 Å². The zero-order chi connectivity index (χ0) is 26.3. The number of carbonyl (C=O) groups excluding carboxylic acids is 1. The van der Waals surface area contributed by atoms with Gasteiger partial charge >= 0.3 is 0 Å². The van der Waals surface area contributed by atoms with Gasteiger partial charge in [0.1, 0.15) is 29.3 Å². The molecule has 37 heavy (non-hydrogen) atoms. The van der Waals surface area contributed by atoms with Crippen LogP contribution in [0.1, 0.15) is 43.3 Å². The van der Waals surface area contributed by atoms with E-state index in [9.17, 15) is 13.6 Å². The van der Waals surface area contributed by atoms with Crippen LogP contribution in [0.3, 0.4) is 0 Å². The predicted molar refractivity (Wildman–Crippen MR) is 133 cm³/mol. The van der Waals surface area contributed by atoms with Crippen LogP contribution in [-0.4, -0.2) is 41.9 Å². The third kappa shape index (κ3) is 4.58. The minimum Gasteiger partial charge on any atom is -0.337 e. The van der Waals surface area contributed by atoms with Crippen molar-refractivity contribution in [1.82, 2.24) is 29.4 Å². The van der Waals surface area contributed by atoms with Crippen molar-refractivity contribution in [3.05, 3.63) is 59.2 Å². The highest BCUT2D eigenvalue weighted by Gasteiger charge is 2.22. The van der Waals surface area contributed by atoms with E-state index in [4.69, 9.17) is 5.26 Å². The fourth-order valence-corrected chi connectivity index (χ4v) is 4.70. The number of imidazole rings is 1. The summed E-state index contributed by atoms with van der Waals surface area (Å²) in [5.74, 6) is -0.301. The molecular formula is C26H24F2N8O. The number of halogens is 2. The molecule has 188 valence electrons. The van der Waals surface area contributed by atoms with Crippen molar-refractivity contribution in [1.29, 1.82) is 5.26 Å². The Morgan fingerprint density at radius 1 is 1.14 bits per heavy atom. The fraction of sp³-hybridized carbons (Fsp3) is 0.308. The highest BCUT2D eigenvalue weighted by atomic mass is 19.1. The first kappa shape index (κ1) is 24.2. The van der Waals surface area contributed by atoms with Crippen molar-refractivity contribution in [2.75, 3.05) is 11.9 Å². The molecule has 0 aliphatic carbocycles. The van der Waals surface area contributed by atoms with E-state index < -0.39 is 11.6 Å². The number of fused-ring (bicyclic) bond motifs is 2. The summed E-state index contributed by atoms with van der Waals surface area (Å²) in [6.07, 6.45) is 3.21. The molecule has 1 amide bonds. The molecule has 1 aromatic carbocycles. The molecule has 0 bridgehead atoms. The molecule has 1 aliphatic heterocycles. The van der Waals surface area contributed by atoms with Gasteiger partial charge in [-0.1, -0.05) is 0 Å². The lowest BCUT2D eigenvalue weighted by atomic mass is 10.0. The second kappa shape index (κ2) is 9.54. The zero-order valence-electron chi connectivity index (χ0n) is 20.6. The van der Waals surface area contributed by atoms with Crippen LogP contribution >= 0.6 is 0 Å². The third-order valence-electron chi connectivity index (χ3n) is 6.38. The normalized spacial score (nSPS) is 13.1. The summed E-state index contributed by atoms with van der Waals surface area (Å²) >= 11 is 0. The van der Waals surface area contributed by atoms with Gasteiger partial charge in [-0.2, -0.15) is 5.26 Å². The van der Waals surface area contributed by atoms with Gasteiger partial charge in [0.2, 0.25) is 11.9 Å². The molecule has 0 spiro atoms. The summed E-state index contributed by atoms with van der Waals surface area (Å²) in [5, 5.41) is 11.8. The van der Waals surface area contributed by atoms with Gasteiger partial charge in [-0.3, -0.25) is 4.79 Å². The Hall–Kier alpha value is -4.46. The van der Waals surface area contributed by atoms with Crippen molar-refractivity contribution in [3.63, 3.8) is 0 Å². The average molecular weight is 503 g/mol. The lowest BCUT2D eigenvalue weighted by Crippen LogP contribution is -2.35. The Morgan fingerprint density at radius 3 is 2.70 bits per heavy atom. The van der Waals surface area contributed by atoms with Gasteiger partial charge in [-0.25, -0.2) is 28.7 Å². The van der Waals surface area contributed by atoms with Crippen molar-refractivity contribution >= 4 is 28.7 Å². The van der Waals surface area contributed by atoms with Gasteiger partial charge < -0.3 is 14.8 Å². The van der Waals surface area contributed by atoms with Crippen molar-refractivity contribution in [2.45, 2.75) is 46.2 Å². The van der Waals surface area contributed by atoms with Gasteiger partial charge in [0.05, 0.1) is 17.8 Å². The number of aromatic nitrogens is 5. The molecule has 0 saturated heterocycles. The van der Waals surface area contributed by atoms with Gasteiger partial charge in [0, 0.05) is 30.9 Å². The quantitative estimate of drug-likeness (QED) is 0.424. The minimum atomic E-state index is -0.693. The maximum absolute atomic E-state index is 15.0. The lowest BCUT2D eigenvalue weighted by molar-refractivity contribution is -0.131. The highest BCUT2D eigenvalue weighted by Crippen LogP contribution is 2.30. The lowest BCUT2D eigenvalue weighted by Gasteiger charge is -2.28. The Labute approximate surface area is 211 Å². The first-order valence-electron chi connectivity index (χ1n) is 11.9. The molecular weight excluding hydrogens is 478 g/mol. The molecule has 11 heteroatoms. The molecule has 5 rings (SSSR count). The Bertz CT molecular complexity index is 1570. The maximum atomic E-state index is 15.0. The van der Waals surface area contributed by atoms with Crippen molar-refractivity contribution < 1.29 is 13.6 Å². The average Bonchev–Trinajstić information content (AvgIpc) is 3.21. The number of pyridine rings is 1. The van der Waals surface area contributed by atoms with E-state index in [1.807, 2.05) is 24.5 Å². The number of rotatable bonds is 5. The standard InChI is InChI=1S/C26H24F2N8O/c1-14(2)36-15(3)32-25-19(27)8-17(9-21(25)36)24-20(28)12-31-26(34-24)33-22-10-18-13-35(23(37)4-6-29)7-5-16(18)11-30-22/h8-12,14H,4-5,7,13H2,1-3H3,(H,30,31,33,34). The number of nitrogens with zero attached hydrogens (tertiary/aromatic N) is 7. The van der Waals surface area contributed by atoms with Crippen molar-refractivity contribution in [3.8, 4) is 17.3 Å². The monoisotopic (exact) mass is 502 g/mol. The summed E-state index contributed by atoms with van der Waals surface area (Å²) in [7, 11) is 0. The third-order valence-corrected chi connectivity index (χ3v) is 6.38. The molecule has 0 atom stereocenters. The van der Waals surface area contributed by atoms with Gasteiger partial charge in [0.25, 0.3) is 0 Å². The van der Waals surface area contributed by atoms with E-state index in [-0.39, 0.29) is 41.1 Å². The van der Waals surface area contributed by atoms with Crippen molar-refractivity contribution in [2.24, 2.45) is 0 Å². The van der Waals surface area contributed by atoms with E-state index >= 15 is 0 Å². The minimum absolute atomic E-state index is 0.0355. The Balaban J connectivity index is 1.46. The van der Waals surface area contributed by atoms with Crippen LogP contribution in [0.5, 0.6) is 0 Å². The van der Waals surface area contributed by atoms with Crippen LogP contribution in [-0.2, 0) is 17.8 Å². The van der Waals surface area contributed by atoms with Crippen LogP contribution in [0.15, 0.2) is 30.6 Å². The smallest absolute Gasteiger partial charge is 0.237 e. The van der Waals surface area contributed by atoms with Crippen LogP contribution in [0.25, 0.3) is 22.3 Å². The molecule has 0 saturated carbocycles. The first-order chi connectivity index (χ1) is 17.7. The number of amides is 1. The predicted octanol–water partition coefficient (Wildman–Crippen LogP) is 4.60. The number of hydrogen-bond acceptors (Lipinski definition) is 7. The van der Waals surface area contributed by atoms with E-state index in [0.717, 1.165) is 17.3 Å². The Kier molecular flexibility index (Phi) is 6.25. The second-order valence-electron chi connectivity index (χ2n) is 9.20. The zero-order valence-corrected chi connectivity index (χ0v) is 20.6. The molecule has 1 N–H and O–H groups in total. The molecule has 0 unspecified atom stereocenters. The number of aryl methyl sites for hydroxylation is 1. The van der Waals surface area contributed by atoms with Crippen LogP contribution in [0.4, 0.5) is 20.5 Å². The summed E-state index contributed by atoms with van der Waals surface area (Å²) < 4.78 is 31.7.